The zero-order chi connectivity index (χ0) is 15.3. The van der Waals surface area contributed by atoms with Crippen LogP contribution in [0.4, 0.5) is 0 Å². The molecule has 3 rings (SSSR count). The third kappa shape index (κ3) is 2.71. The second-order valence-corrected chi connectivity index (χ2v) is 7.58. The molecule has 0 aromatic heterocycles. The summed E-state index contributed by atoms with van der Waals surface area (Å²) in [5.41, 5.74) is 0.0446. The molecule has 2 saturated carbocycles. The number of carboxylic acids is 1. The van der Waals surface area contributed by atoms with Gasteiger partial charge >= 0.3 is 5.97 Å². The van der Waals surface area contributed by atoms with Gasteiger partial charge in [-0.2, -0.15) is 0 Å². The molecular formula is C16H26O5. The van der Waals surface area contributed by atoms with E-state index in [0.717, 1.165) is 12.8 Å². The van der Waals surface area contributed by atoms with Gasteiger partial charge in [0.2, 0.25) is 0 Å². The predicted molar refractivity (Wildman–Crippen MR) is 75.8 cm³/mol. The molecule has 21 heavy (non-hydrogen) atoms. The minimum absolute atomic E-state index is 0.0446. The number of carboxylic acid groups (broad SMARTS) is 1. The van der Waals surface area contributed by atoms with Gasteiger partial charge in [0.1, 0.15) is 0 Å². The average molecular weight is 298 g/mol. The van der Waals surface area contributed by atoms with Gasteiger partial charge in [-0.1, -0.05) is 13.8 Å². The first-order valence-electron chi connectivity index (χ1n) is 7.98. The van der Waals surface area contributed by atoms with Crippen LogP contribution in [0, 0.1) is 23.2 Å². The van der Waals surface area contributed by atoms with Crippen LogP contribution in [-0.2, 0) is 19.0 Å². The minimum atomic E-state index is -0.742. The smallest absolute Gasteiger partial charge is 0.309 e. The molecule has 3 aliphatic rings. The number of carbonyl (C=O) groups is 1. The lowest BCUT2D eigenvalue weighted by atomic mass is 9.90. The lowest BCUT2D eigenvalue weighted by Crippen LogP contribution is -2.47. The first-order chi connectivity index (χ1) is 9.86. The fourth-order valence-corrected chi connectivity index (χ4v) is 4.26. The van der Waals surface area contributed by atoms with Crippen LogP contribution in [-0.4, -0.2) is 42.8 Å². The second-order valence-electron chi connectivity index (χ2n) is 7.58. The quantitative estimate of drug-likeness (QED) is 0.866. The lowest BCUT2D eigenvalue weighted by Gasteiger charge is -2.42. The Kier molecular flexibility index (Phi) is 3.79. The highest BCUT2D eigenvalue weighted by Gasteiger charge is 2.59. The van der Waals surface area contributed by atoms with Crippen molar-refractivity contribution in [3.05, 3.63) is 0 Å². The van der Waals surface area contributed by atoms with Gasteiger partial charge in [-0.15, -0.1) is 0 Å². The zero-order valence-electron chi connectivity index (χ0n) is 13.1. The van der Waals surface area contributed by atoms with Crippen molar-refractivity contribution in [3.8, 4) is 0 Å². The van der Waals surface area contributed by atoms with Crippen molar-refractivity contribution in [3.63, 3.8) is 0 Å². The van der Waals surface area contributed by atoms with E-state index in [2.05, 4.69) is 13.8 Å². The summed E-state index contributed by atoms with van der Waals surface area (Å²) in [5.74, 6) is -1.26. The van der Waals surface area contributed by atoms with Gasteiger partial charge in [-0.05, 0) is 25.2 Å². The molecule has 0 bridgehead atoms. The monoisotopic (exact) mass is 298 g/mol. The summed E-state index contributed by atoms with van der Waals surface area (Å²) in [6.45, 7) is 8.10. The van der Waals surface area contributed by atoms with Gasteiger partial charge < -0.3 is 19.3 Å². The molecule has 3 fully saturated rings. The Hall–Kier alpha value is -0.650. The third-order valence-corrected chi connectivity index (χ3v) is 5.24. The normalized spacial score (nSPS) is 40.3. The Morgan fingerprint density at radius 1 is 1.29 bits per heavy atom. The number of ether oxygens (including phenoxy) is 3. The highest BCUT2D eigenvalue weighted by Crippen LogP contribution is 2.55. The number of hydrogen-bond acceptors (Lipinski definition) is 4. The maximum Gasteiger partial charge on any atom is 0.309 e. The van der Waals surface area contributed by atoms with E-state index in [0.29, 0.717) is 32.2 Å². The summed E-state index contributed by atoms with van der Waals surface area (Å²) in [6, 6.07) is 0. The number of fused-ring (bicyclic) bond motifs is 1. The van der Waals surface area contributed by atoms with E-state index >= 15 is 0 Å². The van der Waals surface area contributed by atoms with Crippen LogP contribution in [0.3, 0.4) is 0 Å². The first kappa shape index (κ1) is 15.3. The fraction of sp³-hybridized carbons (Fsp3) is 0.938. The van der Waals surface area contributed by atoms with E-state index in [9.17, 15) is 9.90 Å². The summed E-state index contributed by atoms with van der Waals surface area (Å²) in [6.07, 6.45) is 2.16. The average Bonchev–Trinajstić information content (AvgIpc) is 2.88. The molecule has 5 nitrogen and oxygen atoms in total. The molecule has 0 aromatic rings. The van der Waals surface area contributed by atoms with Crippen molar-refractivity contribution in [1.82, 2.24) is 0 Å². The highest BCUT2D eigenvalue weighted by molar-refractivity contribution is 5.72. The Morgan fingerprint density at radius 2 is 1.95 bits per heavy atom. The van der Waals surface area contributed by atoms with Crippen LogP contribution in [0.15, 0.2) is 0 Å². The molecule has 1 aliphatic heterocycles. The van der Waals surface area contributed by atoms with E-state index in [1.165, 1.54) is 0 Å². The molecule has 0 amide bonds. The number of hydrogen-bond donors (Lipinski definition) is 1. The molecule has 0 aromatic carbocycles. The van der Waals surface area contributed by atoms with Gasteiger partial charge in [0.05, 0.1) is 25.2 Å². The van der Waals surface area contributed by atoms with Crippen molar-refractivity contribution >= 4 is 5.97 Å². The molecule has 1 spiro atoms. The van der Waals surface area contributed by atoms with Gasteiger partial charge in [-0.3, -0.25) is 4.79 Å². The summed E-state index contributed by atoms with van der Waals surface area (Å²) >= 11 is 0. The molecule has 1 heterocycles. The van der Waals surface area contributed by atoms with Crippen LogP contribution in [0.2, 0.25) is 0 Å². The Bertz CT molecular complexity index is 409. The van der Waals surface area contributed by atoms with Gasteiger partial charge in [-0.25, -0.2) is 0 Å². The van der Waals surface area contributed by atoms with Crippen molar-refractivity contribution in [2.24, 2.45) is 23.2 Å². The Balaban J connectivity index is 1.72. The topological polar surface area (TPSA) is 65.0 Å². The van der Waals surface area contributed by atoms with Crippen molar-refractivity contribution in [1.29, 1.82) is 0 Å². The van der Waals surface area contributed by atoms with E-state index in [4.69, 9.17) is 14.2 Å². The van der Waals surface area contributed by atoms with Gasteiger partial charge in [0.25, 0.3) is 0 Å². The minimum Gasteiger partial charge on any atom is -0.481 e. The molecule has 120 valence electrons. The van der Waals surface area contributed by atoms with Crippen LogP contribution < -0.4 is 0 Å². The maximum absolute atomic E-state index is 11.6. The summed E-state index contributed by atoms with van der Waals surface area (Å²) < 4.78 is 17.8. The van der Waals surface area contributed by atoms with Crippen LogP contribution in [0.1, 0.15) is 40.0 Å². The van der Waals surface area contributed by atoms with Crippen molar-refractivity contribution < 1.29 is 24.1 Å². The van der Waals surface area contributed by atoms with Crippen LogP contribution in [0.25, 0.3) is 0 Å². The lowest BCUT2D eigenvalue weighted by molar-refractivity contribution is -0.298. The summed E-state index contributed by atoms with van der Waals surface area (Å²) in [7, 11) is 0. The maximum atomic E-state index is 11.6. The molecule has 0 radical (unpaired) electrons. The number of rotatable bonds is 3. The van der Waals surface area contributed by atoms with Crippen molar-refractivity contribution in [2.45, 2.75) is 51.9 Å². The van der Waals surface area contributed by atoms with Crippen LogP contribution in [0.5, 0.6) is 0 Å². The van der Waals surface area contributed by atoms with E-state index in [-0.39, 0.29) is 17.4 Å². The molecule has 1 saturated heterocycles. The molecule has 2 aliphatic carbocycles. The molecule has 1 N–H and O–H groups in total. The van der Waals surface area contributed by atoms with E-state index in [1.807, 2.05) is 6.92 Å². The standard InChI is InChI=1S/C16H26O5/c1-4-19-12-5-10-6-16(7-11(10)13(12)14(17)18)20-8-15(2,3)9-21-16/h10-13H,4-9H2,1-3H3,(H,17,18)/t10-,11+,12-,13-/m1/s1. The van der Waals surface area contributed by atoms with Crippen molar-refractivity contribution in [2.75, 3.05) is 19.8 Å². The second kappa shape index (κ2) is 5.21. The number of aliphatic carboxylic acids is 1. The SMILES string of the molecule is CCO[C@@H]1C[C@@H]2CC3(C[C@@H]2[C@H]1C(=O)O)OCC(C)(C)CO3. The molecular weight excluding hydrogens is 272 g/mol. The zero-order valence-corrected chi connectivity index (χ0v) is 13.1. The van der Waals surface area contributed by atoms with E-state index < -0.39 is 17.7 Å². The summed E-state index contributed by atoms with van der Waals surface area (Å²) in [5, 5.41) is 9.57. The predicted octanol–water partition coefficient (Wildman–Crippen LogP) is 2.29. The van der Waals surface area contributed by atoms with Gasteiger partial charge in [0.15, 0.2) is 5.79 Å². The Morgan fingerprint density at radius 3 is 2.52 bits per heavy atom. The highest BCUT2D eigenvalue weighted by atomic mass is 16.7. The molecule has 4 atom stereocenters. The van der Waals surface area contributed by atoms with Gasteiger partial charge in [0, 0.05) is 24.9 Å². The third-order valence-electron chi connectivity index (χ3n) is 5.24. The van der Waals surface area contributed by atoms with Crippen LogP contribution >= 0.6 is 0 Å². The first-order valence-corrected chi connectivity index (χ1v) is 7.98. The fourth-order valence-electron chi connectivity index (χ4n) is 4.26. The summed E-state index contributed by atoms with van der Waals surface area (Å²) in [4.78, 5) is 11.6. The molecule has 5 heteroatoms. The Labute approximate surface area is 125 Å². The largest absolute Gasteiger partial charge is 0.481 e. The molecule has 0 unspecified atom stereocenters. The van der Waals surface area contributed by atoms with E-state index in [1.54, 1.807) is 0 Å².